The van der Waals surface area contributed by atoms with E-state index in [1.807, 2.05) is 18.4 Å². The second-order valence-electron chi connectivity index (χ2n) is 5.06. The van der Waals surface area contributed by atoms with Crippen LogP contribution in [-0.2, 0) is 0 Å². The number of halogens is 2. The van der Waals surface area contributed by atoms with Crippen LogP contribution in [0.3, 0.4) is 0 Å². The molecule has 0 atom stereocenters. The third kappa shape index (κ3) is 3.14. The van der Waals surface area contributed by atoms with Gasteiger partial charge in [0.1, 0.15) is 0 Å². The van der Waals surface area contributed by atoms with Gasteiger partial charge in [0.15, 0.2) is 11.6 Å². The van der Waals surface area contributed by atoms with Crippen molar-refractivity contribution in [1.29, 1.82) is 0 Å². The minimum atomic E-state index is -0.919. The van der Waals surface area contributed by atoms with E-state index in [1.165, 1.54) is 17.4 Å². The number of benzene rings is 2. The van der Waals surface area contributed by atoms with E-state index in [4.69, 9.17) is 0 Å². The van der Waals surface area contributed by atoms with Crippen molar-refractivity contribution in [2.24, 2.45) is 0 Å². The van der Waals surface area contributed by atoms with Gasteiger partial charge in [-0.2, -0.15) is 0 Å². The number of carbonyl (C=O) groups is 1. The van der Waals surface area contributed by atoms with Gasteiger partial charge >= 0.3 is 0 Å². The van der Waals surface area contributed by atoms with Crippen molar-refractivity contribution < 1.29 is 13.6 Å². The number of nitrogens with one attached hydrogen (secondary N) is 1. The molecule has 2 nitrogen and oxygen atoms in total. The van der Waals surface area contributed by atoms with Crippen molar-refractivity contribution in [1.82, 2.24) is 0 Å². The van der Waals surface area contributed by atoms with Gasteiger partial charge in [0.05, 0.1) is 4.88 Å². The molecule has 5 heteroatoms. The Morgan fingerprint density at radius 2 is 1.83 bits per heavy atom. The van der Waals surface area contributed by atoms with Crippen molar-refractivity contribution in [2.45, 2.75) is 6.92 Å². The van der Waals surface area contributed by atoms with Crippen LogP contribution in [0.15, 0.2) is 53.9 Å². The maximum atomic E-state index is 13.5. The topological polar surface area (TPSA) is 29.1 Å². The number of amides is 1. The molecule has 2 aromatic carbocycles. The number of para-hydroxylation sites is 1. The summed E-state index contributed by atoms with van der Waals surface area (Å²) in [7, 11) is 0. The summed E-state index contributed by atoms with van der Waals surface area (Å²) in [6.45, 7) is 1.87. The summed E-state index contributed by atoms with van der Waals surface area (Å²) in [4.78, 5) is 13.0. The summed E-state index contributed by atoms with van der Waals surface area (Å²) in [5, 5.41) is 4.69. The third-order valence-electron chi connectivity index (χ3n) is 3.47. The van der Waals surface area contributed by atoms with Gasteiger partial charge in [0.2, 0.25) is 0 Å². The van der Waals surface area contributed by atoms with Crippen LogP contribution in [0.2, 0.25) is 0 Å². The summed E-state index contributed by atoms with van der Waals surface area (Å²) in [6, 6.07) is 12.6. The van der Waals surface area contributed by atoms with E-state index in [0.717, 1.165) is 17.7 Å². The summed E-state index contributed by atoms with van der Waals surface area (Å²) in [6.07, 6.45) is 0. The first kappa shape index (κ1) is 15.4. The third-order valence-corrected chi connectivity index (χ3v) is 4.49. The molecule has 0 aliphatic rings. The molecule has 23 heavy (non-hydrogen) atoms. The lowest BCUT2D eigenvalue weighted by molar-refractivity contribution is 0.103. The van der Waals surface area contributed by atoms with Crippen molar-refractivity contribution in [3.8, 4) is 11.1 Å². The molecule has 1 amide bonds. The van der Waals surface area contributed by atoms with Gasteiger partial charge in [0, 0.05) is 11.3 Å². The molecule has 1 aromatic heterocycles. The van der Waals surface area contributed by atoms with E-state index < -0.39 is 11.6 Å². The van der Waals surface area contributed by atoms with Crippen molar-refractivity contribution in [2.75, 3.05) is 5.32 Å². The van der Waals surface area contributed by atoms with Crippen LogP contribution < -0.4 is 5.32 Å². The predicted octanol–water partition coefficient (Wildman–Crippen LogP) is 5.25. The highest BCUT2D eigenvalue weighted by Gasteiger charge is 2.14. The van der Waals surface area contributed by atoms with Crippen molar-refractivity contribution in [3.63, 3.8) is 0 Å². The van der Waals surface area contributed by atoms with Crippen LogP contribution in [-0.4, -0.2) is 5.91 Å². The summed E-state index contributed by atoms with van der Waals surface area (Å²) in [5.74, 6) is -2.03. The molecule has 0 radical (unpaired) electrons. The van der Waals surface area contributed by atoms with Crippen molar-refractivity contribution >= 4 is 22.9 Å². The Morgan fingerprint density at radius 1 is 1.04 bits per heavy atom. The van der Waals surface area contributed by atoms with E-state index >= 15 is 0 Å². The normalized spacial score (nSPS) is 10.6. The molecule has 0 saturated carbocycles. The van der Waals surface area contributed by atoms with Gasteiger partial charge in [-0.05, 0) is 47.7 Å². The molecule has 0 bridgehead atoms. The highest BCUT2D eigenvalue weighted by Crippen LogP contribution is 2.30. The molecule has 1 heterocycles. The van der Waals surface area contributed by atoms with Crippen LogP contribution in [0.25, 0.3) is 11.1 Å². The highest BCUT2D eigenvalue weighted by atomic mass is 32.1. The van der Waals surface area contributed by atoms with Gasteiger partial charge in [0.25, 0.3) is 5.91 Å². The van der Waals surface area contributed by atoms with E-state index in [9.17, 15) is 13.6 Å². The standard InChI is InChI=1S/C18H13F2NOS/c1-11-8-9-23-17(11)18(22)21-16-5-3-2-4-13(16)12-6-7-14(19)15(20)10-12/h2-10H,1H3,(H,21,22). The maximum Gasteiger partial charge on any atom is 0.266 e. The highest BCUT2D eigenvalue weighted by molar-refractivity contribution is 7.12. The average Bonchev–Trinajstić information content (AvgIpc) is 2.97. The Morgan fingerprint density at radius 3 is 2.52 bits per heavy atom. The molecule has 0 saturated heterocycles. The fraction of sp³-hybridized carbons (Fsp3) is 0.0556. The average molecular weight is 329 g/mol. The smallest absolute Gasteiger partial charge is 0.266 e. The van der Waals surface area contributed by atoms with Crippen molar-refractivity contribution in [3.05, 3.63) is 76.0 Å². The molecular formula is C18H13F2NOS. The Hall–Kier alpha value is -2.53. The maximum absolute atomic E-state index is 13.5. The molecule has 3 rings (SSSR count). The molecule has 0 fully saturated rings. The predicted molar refractivity (Wildman–Crippen MR) is 88.8 cm³/mol. The lowest BCUT2D eigenvalue weighted by Crippen LogP contribution is -2.12. The van der Waals surface area contributed by atoms with Crippen LogP contribution in [0.1, 0.15) is 15.2 Å². The van der Waals surface area contributed by atoms with Crippen LogP contribution in [0.5, 0.6) is 0 Å². The molecule has 0 spiro atoms. The summed E-state index contributed by atoms with van der Waals surface area (Å²) >= 11 is 1.36. The Bertz CT molecular complexity index is 873. The van der Waals surface area contributed by atoms with E-state index in [1.54, 1.807) is 24.3 Å². The molecule has 3 aromatic rings. The number of hydrogen-bond donors (Lipinski definition) is 1. The second-order valence-corrected chi connectivity index (χ2v) is 5.98. The molecular weight excluding hydrogens is 316 g/mol. The van der Waals surface area contributed by atoms with Gasteiger partial charge in [-0.15, -0.1) is 11.3 Å². The minimum absolute atomic E-state index is 0.215. The van der Waals surface area contributed by atoms with Gasteiger partial charge < -0.3 is 5.32 Å². The van der Waals surface area contributed by atoms with E-state index in [0.29, 0.717) is 21.7 Å². The Balaban J connectivity index is 1.96. The van der Waals surface area contributed by atoms with Crippen LogP contribution in [0, 0.1) is 18.6 Å². The minimum Gasteiger partial charge on any atom is -0.321 e. The van der Waals surface area contributed by atoms with Gasteiger partial charge in [-0.25, -0.2) is 8.78 Å². The number of anilines is 1. The van der Waals surface area contributed by atoms with Gasteiger partial charge in [-0.3, -0.25) is 4.79 Å². The number of aryl methyl sites for hydroxylation is 1. The molecule has 0 aliphatic heterocycles. The molecule has 116 valence electrons. The summed E-state index contributed by atoms with van der Waals surface area (Å²) in [5.41, 5.74) is 2.59. The quantitative estimate of drug-likeness (QED) is 0.698. The molecule has 0 unspecified atom stereocenters. The molecule has 0 aliphatic carbocycles. The van der Waals surface area contributed by atoms with Crippen LogP contribution >= 0.6 is 11.3 Å². The Kier molecular flexibility index (Phi) is 4.21. The first-order valence-electron chi connectivity index (χ1n) is 6.96. The zero-order valence-electron chi connectivity index (χ0n) is 12.3. The lowest BCUT2D eigenvalue weighted by Gasteiger charge is -2.11. The second kappa shape index (κ2) is 6.30. The number of carbonyl (C=O) groups excluding carboxylic acids is 1. The fourth-order valence-corrected chi connectivity index (χ4v) is 3.11. The van der Waals surface area contributed by atoms with E-state index in [-0.39, 0.29) is 5.91 Å². The van der Waals surface area contributed by atoms with Gasteiger partial charge in [-0.1, -0.05) is 24.3 Å². The first-order chi connectivity index (χ1) is 11.1. The first-order valence-corrected chi connectivity index (χ1v) is 7.84. The monoisotopic (exact) mass is 329 g/mol. The molecule has 1 N–H and O–H groups in total. The fourth-order valence-electron chi connectivity index (χ4n) is 2.29. The SMILES string of the molecule is Cc1ccsc1C(=O)Nc1ccccc1-c1ccc(F)c(F)c1. The lowest BCUT2D eigenvalue weighted by atomic mass is 10.0. The number of rotatable bonds is 3. The Labute approximate surface area is 136 Å². The van der Waals surface area contributed by atoms with Crippen LogP contribution in [0.4, 0.5) is 14.5 Å². The van der Waals surface area contributed by atoms with E-state index in [2.05, 4.69) is 5.32 Å². The number of thiophene rings is 1. The zero-order chi connectivity index (χ0) is 16.4. The summed E-state index contributed by atoms with van der Waals surface area (Å²) < 4.78 is 26.6. The largest absolute Gasteiger partial charge is 0.321 e. The number of hydrogen-bond acceptors (Lipinski definition) is 2. The zero-order valence-corrected chi connectivity index (χ0v) is 13.1.